The molecular weight excluding hydrogens is 393 g/mol. The first-order valence-electron chi connectivity index (χ1n) is 7.85. The maximum atomic E-state index is 11.9. The van der Waals surface area contributed by atoms with Gasteiger partial charge >= 0.3 is 6.09 Å². The van der Waals surface area contributed by atoms with E-state index in [0.717, 1.165) is 34.8 Å². The molecule has 0 bridgehead atoms. The van der Waals surface area contributed by atoms with Crippen molar-refractivity contribution in [1.82, 2.24) is 5.32 Å². The molecule has 0 unspecified atom stereocenters. The summed E-state index contributed by atoms with van der Waals surface area (Å²) >= 11 is 2.29. The van der Waals surface area contributed by atoms with Crippen LogP contribution in [0.25, 0.3) is 0 Å². The Labute approximate surface area is 147 Å². The third-order valence-corrected chi connectivity index (χ3v) is 4.41. The highest BCUT2D eigenvalue weighted by atomic mass is 127. The lowest BCUT2D eigenvalue weighted by atomic mass is 10.00. The van der Waals surface area contributed by atoms with Gasteiger partial charge in [0.2, 0.25) is 0 Å². The van der Waals surface area contributed by atoms with Crippen LogP contribution in [-0.2, 0) is 9.47 Å². The number of nitrogens with one attached hydrogen (secondary N) is 1. The number of methoxy groups -OCH3 is 1. The van der Waals surface area contributed by atoms with Crippen LogP contribution in [-0.4, -0.2) is 25.9 Å². The third kappa shape index (κ3) is 6.12. The molecule has 5 heteroatoms. The fourth-order valence-electron chi connectivity index (χ4n) is 2.27. The van der Waals surface area contributed by atoms with Crippen molar-refractivity contribution in [3.05, 3.63) is 33.4 Å². The molecule has 0 aromatic heterocycles. The fraction of sp³-hybridized carbons (Fsp3) is 0.588. The minimum atomic E-state index is -0.365. The van der Waals surface area contributed by atoms with Crippen molar-refractivity contribution in [3.63, 3.8) is 0 Å². The number of hydrogen-bond donors (Lipinski definition) is 1. The Bertz CT molecular complexity index is 453. The largest absolute Gasteiger partial charge is 0.443 e. The average Bonchev–Trinajstić information content (AvgIpc) is 2.52. The van der Waals surface area contributed by atoms with Gasteiger partial charge in [-0.15, -0.1) is 0 Å². The molecule has 0 aliphatic rings. The number of rotatable bonds is 9. The predicted octanol–water partition coefficient (Wildman–Crippen LogP) is 4.67. The Morgan fingerprint density at radius 3 is 2.59 bits per heavy atom. The van der Waals surface area contributed by atoms with Gasteiger partial charge < -0.3 is 14.8 Å². The predicted molar refractivity (Wildman–Crippen MR) is 97.0 cm³/mol. The van der Waals surface area contributed by atoms with Gasteiger partial charge in [-0.05, 0) is 53.5 Å². The van der Waals surface area contributed by atoms with Crippen LogP contribution in [0, 0.1) is 3.57 Å². The van der Waals surface area contributed by atoms with E-state index in [4.69, 9.17) is 9.47 Å². The van der Waals surface area contributed by atoms with E-state index in [2.05, 4.69) is 34.8 Å². The standard InChI is InChI=1S/C17H26INO3/c1-4-6-11-15(22-17(20)19-12-5-2)16(21-3)13-9-7-8-10-14(13)18/h7-10,15-16H,4-6,11-12H2,1-3H3,(H,19,20)/t15-,16-/m0/s1. The second-order valence-corrected chi connectivity index (χ2v) is 6.35. The summed E-state index contributed by atoms with van der Waals surface area (Å²) in [7, 11) is 1.67. The van der Waals surface area contributed by atoms with E-state index in [9.17, 15) is 4.79 Å². The second kappa shape index (κ2) is 10.8. The van der Waals surface area contributed by atoms with Crippen molar-refractivity contribution in [2.75, 3.05) is 13.7 Å². The molecule has 1 N–H and O–H groups in total. The topological polar surface area (TPSA) is 47.6 Å². The number of alkyl carbamates (subject to hydrolysis) is 1. The zero-order chi connectivity index (χ0) is 16.4. The van der Waals surface area contributed by atoms with Crippen molar-refractivity contribution in [1.29, 1.82) is 0 Å². The van der Waals surface area contributed by atoms with Crippen molar-refractivity contribution in [2.24, 2.45) is 0 Å². The zero-order valence-electron chi connectivity index (χ0n) is 13.6. The summed E-state index contributed by atoms with van der Waals surface area (Å²) in [4.78, 5) is 11.9. The lowest BCUT2D eigenvalue weighted by Gasteiger charge is -2.27. The van der Waals surface area contributed by atoms with Gasteiger partial charge in [-0.25, -0.2) is 4.79 Å². The van der Waals surface area contributed by atoms with E-state index >= 15 is 0 Å². The number of benzene rings is 1. The minimum absolute atomic E-state index is 0.243. The van der Waals surface area contributed by atoms with Crippen LogP contribution in [0.5, 0.6) is 0 Å². The monoisotopic (exact) mass is 419 g/mol. The van der Waals surface area contributed by atoms with E-state index in [0.29, 0.717) is 6.54 Å². The quantitative estimate of drug-likeness (QED) is 0.592. The SMILES string of the molecule is CCCC[C@H](OC(=O)NCCC)[C@@H](OC)c1ccccc1I. The summed E-state index contributed by atoms with van der Waals surface area (Å²) in [6.07, 6.45) is 2.84. The van der Waals surface area contributed by atoms with Gasteiger partial charge in [-0.3, -0.25) is 0 Å². The molecule has 4 nitrogen and oxygen atoms in total. The highest BCUT2D eigenvalue weighted by Crippen LogP contribution is 2.29. The number of hydrogen-bond acceptors (Lipinski definition) is 3. The zero-order valence-corrected chi connectivity index (χ0v) is 15.8. The van der Waals surface area contributed by atoms with Crippen LogP contribution < -0.4 is 5.32 Å². The Kier molecular flexibility index (Phi) is 9.47. The molecule has 2 atom stereocenters. The Hall–Kier alpha value is -0.820. The second-order valence-electron chi connectivity index (χ2n) is 5.19. The van der Waals surface area contributed by atoms with Crippen molar-refractivity contribution in [3.8, 4) is 0 Å². The van der Waals surface area contributed by atoms with E-state index < -0.39 is 0 Å². The molecule has 1 aromatic rings. The summed E-state index contributed by atoms with van der Waals surface area (Å²) in [5.41, 5.74) is 1.06. The summed E-state index contributed by atoms with van der Waals surface area (Å²) in [6.45, 7) is 4.77. The van der Waals surface area contributed by atoms with Crippen LogP contribution in [0.15, 0.2) is 24.3 Å². The van der Waals surface area contributed by atoms with Gasteiger partial charge in [0, 0.05) is 17.2 Å². The Balaban J connectivity index is 2.87. The number of halogens is 1. The van der Waals surface area contributed by atoms with Crippen molar-refractivity contribution in [2.45, 2.75) is 51.7 Å². The Morgan fingerprint density at radius 2 is 2.00 bits per heavy atom. The first-order chi connectivity index (χ1) is 10.6. The fourth-order valence-corrected chi connectivity index (χ4v) is 2.96. The molecule has 1 aromatic carbocycles. The smallest absolute Gasteiger partial charge is 0.407 e. The first-order valence-corrected chi connectivity index (χ1v) is 8.93. The number of ether oxygens (including phenoxy) is 2. The van der Waals surface area contributed by atoms with Gasteiger partial charge in [0.15, 0.2) is 0 Å². The van der Waals surface area contributed by atoms with Crippen LogP contribution >= 0.6 is 22.6 Å². The van der Waals surface area contributed by atoms with E-state index in [1.54, 1.807) is 7.11 Å². The van der Waals surface area contributed by atoms with E-state index in [1.165, 1.54) is 0 Å². The molecular formula is C17H26INO3. The van der Waals surface area contributed by atoms with Crippen LogP contribution in [0.3, 0.4) is 0 Å². The molecule has 124 valence electrons. The highest BCUT2D eigenvalue weighted by Gasteiger charge is 2.27. The lowest BCUT2D eigenvalue weighted by Crippen LogP contribution is -2.33. The van der Waals surface area contributed by atoms with Gasteiger partial charge in [0.1, 0.15) is 12.2 Å². The number of carbonyl (C=O) groups is 1. The molecule has 1 rings (SSSR count). The summed E-state index contributed by atoms with van der Waals surface area (Å²) in [5.74, 6) is 0. The van der Waals surface area contributed by atoms with Gasteiger partial charge in [-0.1, -0.05) is 38.5 Å². The lowest BCUT2D eigenvalue weighted by molar-refractivity contribution is -0.0287. The van der Waals surface area contributed by atoms with Gasteiger partial charge in [0.25, 0.3) is 0 Å². The van der Waals surface area contributed by atoms with Gasteiger partial charge in [-0.2, -0.15) is 0 Å². The number of unbranched alkanes of at least 4 members (excludes halogenated alkanes) is 1. The number of carbonyl (C=O) groups excluding carboxylic acids is 1. The average molecular weight is 419 g/mol. The summed E-state index contributed by atoms with van der Waals surface area (Å²) in [6, 6.07) is 8.05. The number of amides is 1. The molecule has 0 spiro atoms. The maximum Gasteiger partial charge on any atom is 0.407 e. The van der Waals surface area contributed by atoms with Crippen molar-refractivity contribution >= 4 is 28.7 Å². The normalized spacial score (nSPS) is 13.5. The molecule has 0 fully saturated rings. The molecule has 0 saturated heterocycles. The highest BCUT2D eigenvalue weighted by molar-refractivity contribution is 14.1. The van der Waals surface area contributed by atoms with Gasteiger partial charge in [0.05, 0.1) is 0 Å². The first kappa shape index (κ1) is 19.2. The third-order valence-electron chi connectivity index (χ3n) is 3.42. The van der Waals surface area contributed by atoms with Crippen LogP contribution in [0.4, 0.5) is 4.79 Å². The minimum Gasteiger partial charge on any atom is -0.443 e. The molecule has 0 aliphatic carbocycles. The van der Waals surface area contributed by atoms with Crippen molar-refractivity contribution < 1.29 is 14.3 Å². The molecule has 22 heavy (non-hydrogen) atoms. The summed E-state index contributed by atoms with van der Waals surface area (Å²) < 4.78 is 12.4. The molecule has 0 radical (unpaired) electrons. The Morgan fingerprint density at radius 1 is 1.27 bits per heavy atom. The van der Waals surface area contributed by atoms with E-state index in [-0.39, 0.29) is 18.3 Å². The molecule has 0 heterocycles. The molecule has 1 amide bonds. The molecule has 0 saturated carbocycles. The van der Waals surface area contributed by atoms with E-state index in [1.807, 2.05) is 31.2 Å². The molecule has 0 aliphatic heterocycles. The maximum absolute atomic E-state index is 11.9. The van der Waals surface area contributed by atoms with Crippen LogP contribution in [0.2, 0.25) is 0 Å². The van der Waals surface area contributed by atoms with Crippen LogP contribution in [0.1, 0.15) is 51.2 Å². The summed E-state index contributed by atoms with van der Waals surface area (Å²) in [5, 5.41) is 2.77.